The zero-order valence-electron chi connectivity index (χ0n) is 12.1. The van der Waals surface area contributed by atoms with Crippen molar-refractivity contribution in [2.75, 3.05) is 34.4 Å². The lowest BCUT2D eigenvalue weighted by molar-refractivity contribution is 0.0600. The predicted molar refractivity (Wildman–Crippen MR) is 79.1 cm³/mol. The van der Waals surface area contributed by atoms with E-state index in [0.29, 0.717) is 13.0 Å². The molecular formula is C13H18ClNO5S. The van der Waals surface area contributed by atoms with E-state index in [0.717, 1.165) is 0 Å². The summed E-state index contributed by atoms with van der Waals surface area (Å²) in [6.45, 7) is 0.741. The molecule has 0 atom stereocenters. The first-order chi connectivity index (χ1) is 9.84. The van der Waals surface area contributed by atoms with Crippen molar-refractivity contribution >= 4 is 27.6 Å². The summed E-state index contributed by atoms with van der Waals surface area (Å²) in [6.07, 6.45) is 0.556. The minimum absolute atomic E-state index is 0.0567. The molecule has 0 amide bonds. The van der Waals surface area contributed by atoms with E-state index in [4.69, 9.17) is 16.3 Å². The van der Waals surface area contributed by atoms with Crippen molar-refractivity contribution in [2.45, 2.75) is 11.3 Å². The lowest BCUT2D eigenvalue weighted by atomic mass is 10.2. The van der Waals surface area contributed by atoms with Crippen LogP contribution in [0, 0.1) is 0 Å². The minimum Gasteiger partial charge on any atom is -0.465 e. The van der Waals surface area contributed by atoms with Gasteiger partial charge in [-0.2, -0.15) is 0 Å². The van der Waals surface area contributed by atoms with Crippen LogP contribution in [0.15, 0.2) is 23.1 Å². The van der Waals surface area contributed by atoms with Crippen molar-refractivity contribution < 1.29 is 22.7 Å². The van der Waals surface area contributed by atoms with Gasteiger partial charge in [0, 0.05) is 27.3 Å². The lowest BCUT2D eigenvalue weighted by Crippen LogP contribution is -2.29. The zero-order chi connectivity index (χ0) is 16.0. The van der Waals surface area contributed by atoms with Crippen LogP contribution in [0.25, 0.3) is 0 Å². The summed E-state index contributed by atoms with van der Waals surface area (Å²) in [4.78, 5) is 11.4. The molecule has 0 aliphatic rings. The van der Waals surface area contributed by atoms with Crippen LogP contribution < -0.4 is 0 Å². The average Bonchev–Trinajstić information content (AvgIpc) is 2.46. The Labute approximate surface area is 129 Å². The smallest absolute Gasteiger partial charge is 0.337 e. The number of hydrogen-bond donors (Lipinski definition) is 0. The van der Waals surface area contributed by atoms with Gasteiger partial charge in [0.1, 0.15) is 4.90 Å². The van der Waals surface area contributed by atoms with Gasteiger partial charge in [-0.3, -0.25) is 0 Å². The number of rotatable bonds is 7. The predicted octanol–water partition coefficient (Wildman–Crippen LogP) is 1.78. The van der Waals surface area contributed by atoms with Crippen molar-refractivity contribution in [3.05, 3.63) is 28.8 Å². The Hall–Kier alpha value is -1.15. The van der Waals surface area contributed by atoms with Gasteiger partial charge >= 0.3 is 5.97 Å². The summed E-state index contributed by atoms with van der Waals surface area (Å²) >= 11 is 5.95. The van der Waals surface area contributed by atoms with Gasteiger partial charge in [-0.1, -0.05) is 11.6 Å². The molecule has 1 aromatic rings. The third kappa shape index (κ3) is 4.41. The fourth-order valence-corrected chi connectivity index (χ4v) is 3.37. The van der Waals surface area contributed by atoms with Gasteiger partial charge in [0.25, 0.3) is 0 Å². The Morgan fingerprint density at radius 2 is 2.00 bits per heavy atom. The van der Waals surface area contributed by atoms with E-state index in [1.807, 2.05) is 0 Å². The Kier molecular flexibility index (Phi) is 6.60. The number of benzene rings is 1. The second-order valence-electron chi connectivity index (χ2n) is 4.31. The summed E-state index contributed by atoms with van der Waals surface area (Å²) in [6, 6.07) is 4.00. The number of carbonyl (C=O) groups is 1. The Morgan fingerprint density at radius 1 is 1.33 bits per heavy atom. The fraction of sp³-hybridized carbons (Fsp3) is 0.462. The van der Waals surface area contributed by atoms with Crippen LogP contribution in [0.2, 0.25) is 5.02 Å². The Balaban J connectivity index is 3.09. The van der Waals surface area contributed by atoms with E-state index < -0.39 is 16.0 Å². The maximum atomic E-state index is 12.5. The Bertz CT molecular complexity index is 603. The number of sulfonamides is 1. The highest BCUT2D eigenvalue weighted by molar-refractivity contribution is 7.89. The fourth-order valence-electron chi connectivity index (χ4n) is 1.67. The van der Waals surface area contributed by atoms with E-state index >= 15 is 0 Å². The average molecular weight is 336 g/mol. The molecule has 0 aliphatic heterocycles. The van der Waals surface area contributed by atoms with Gasteiger partial charge < -0.3 is 9.47 Å². The van der Waals surface area contributed by atoms with Crippen LogP contribution in [-0.2, 0) is 19.5 Å². The highest BCUT2D eigenvalue weighted by Crippen LogP contribution is 2.25. The Morgan fingerprint density at radius 3 is 2.57 bits per heavy atom. The maximum absolute atomic E-state index is 12.5. The molecule has 0 aromatic heterocycles. The van der Waals surface area contributed by atoms with Crippen molar-refractivity contribution in [3.8, 4) is 0 Å². The molecule has 0 saturated heterocycles. The molecule has 118 valence electrons. The van der Waals surface area contributed by atoms with Gasteiger partial charge in [0.05, 0.1) is 17.7 Å². The molecule has 8 heteroatoms. The van der Waals surface area contributed by atoms with E-state index in [1.165, 1.54) is 36.7 Å². The normalized spacial score (nSPS) is 11.7. The van der Waals surface area contributed by atoms with Crippen LogP contribution in [0.3, 0.4) is 0 Å². The lowest BCUT2D eigenvalue weighted by Gasteiger charge is -2.18. The molecule has 0 bridgehead atoms. The number of carbonyl (C=O) groups excluding carboxylic acids is 1. The van der Waals surface area contributed by atoms with Gasteiger partial charge in [-0.05, 0) is 24.6 Å². The van der Waals surface area contributed by atoms with Gasteiger partial charge in [-0.15, -0.1) is 0 Å². The van der Waals surface area contributed by atoms with Crippen LogP contribution in [0.1, 0.15) is 16.8 Å². The molecule has 0 unspecified atom stereocenters. The number of ether oxygens (including phenoxy) is 2. The highest BCUT2D eigenvalue weighted by Gasteiger charge is 2.24. The van der Waals surface area contributed by atoms with Crippen molar-refractivity contribution in [3.63, 3.8) is 0 Å². The first-order valence-electron chi connectivity index (χ1n) is 6.17. The molecule has 1 rings (SSSR count). The van der Waals surface area contributed by atoms with E-state index in [1.54, 1.807) is 7.11 Å². The molecule has 1 aromatic carbocycles. The second-order valence-corrected chi connectivity index (χ2v) is 6.73. The molecule has 6 nitrogen and oxygen atoms in total. The van der Waals surface area contributed by atoms with E-state index in [2.05, 4.69) is 4.74 Å². The number of hydrogen-bond acceptors (Lipinski definition) is 5. The van der Waals surface area contributed by atoms with Crippen molar-refractivity contribution in [2.24, 2.45) is 0 Å². The number of esters is 1. The summed E-state index contributed by atoms with van der Waals surface area (Å²) in [5, 5.41) is 0.0567. The number of methoxy groups -OCH3 is 2. The molecule has 0 aliphatic carbocycles. The summed E-state index contributed by atoms with van der Waals surface area (Å²) < 4.78 is 35.6. The molecule has 21 heavy (non-hydrogen) atoms. The quantitative estimate of drug-likeness (QED) is 0.561. The monoisotopic (exact) mass is 335 g/mol. The van der Waals surface area contributed by atoms with Crippen molar-refractivity contribution in [1.29, 1.82) is 0 Å². The zero-order valence-corrected chi connectivity index (χ0v) is 13.7. The molecule has 0 saturated carbocycles. The molecular weight excluding hydrogens is 318 g/mol. The van der Waals surface area contributed by atoms with Gasteiger partial charge in [-0.25, -0.2) is 17.5 Å². The van der Waals surface area contributed by atoms with Crippen LogP contribution in [0.5, 0.6) is 0 Å². The van der Waals surface area contributed by atoms with Crippen LogP contribution >= 0.6 is 11.6 Å². The highest BCUT2D eigenvalue weighted by atomic mass is 35.5. The third-order valence-electron chi connectivity index (χ3n) is 2.86. The maximum Gasteiger partial charge on any atom is 0.337 e. The summed E-state index contributed by atoms with van der Waals surface area (Å²) in [7, 11) is 0.445. The van der Waals surface area contributed by atoms with Crippen molar-refractivity contribution in [1.82, 2.24) is 4.31 Å². The van der Waals surface area contributed by atoms with E-state index in [9.17, 15) is 13.2 Å². The topological polar surface area (TPSA) is 72.9 Å². The first kappa shape index (κ1) is 17.9. The molecule has 0 spiro atoms. The van der Waals surface area contributed by atoms with Gasteiger partial charge in [0.2, 0.25) is 10.0 Å². The minimum atomic E-state index is -3.78. The van der Waals surface area contributed by atoms with Crippen LogP contribution in [0.4, 0.5) is 0 Å². The molecule has 0 heterocycles. The summed E-state index contributed by atoms with van der Waals surface area (Å²) in [5.41, 5.74) is 0.130. The largest absolute Gasteiger partial charge is 0.465 e. The summed E-state index contributed by atoms with van der Waals surface area (Å²) in [5.74, 6) is -0.620. The van der Waals surface area contributed by atoms with Crippen LogP contribution in [-0.4, -0.2) is 53.1 Å². The number of halogens is 1. The third-order valence-corrected chi connectivity index (χ3v) is 5.20. The number of nitrogens with zero attached hydrogens (tertiary/aromatic N) is 1. The molecule has 0 N–H and O–H groups in total. The standard InChI is InChI=1S/C13H18ClNO5S/c1-15(7-4-8-19-2)21(17,18)12-9-10(13(16)20-3)5-6-11(12)14/h5-6,9H,4,7-8H2,1-3H3. The SMILES string of the molecule is COCCCN(C)S(=O)(=O)c1cc(C(=O)OC)ccc1Cl. The second kappa shape index (κ2) is 7.74. The van der Waals surface area contributed by atoms with E-state index in [-0.39, 0.29) is 22.0 Å². The first-order valence-corrected chi connectivity index (χ1v) is 7.99. The molecule has 0 radical (unpaired) electrons. The molecule has 0 fully saturated rings. The van der Waals surface area contributed by atoms with Gasteiger partial charge in [0.15, 0.2) is 0 Å².